The lowest BCUT2D eigenvalue weighted by atomic mass is 10.2. The van der Waals surface area contributed by atoms with Crippen molar-refractivity contribution in [2.75, 3.05) is 13.1 Å². The summed E-state index contributed by atoms with van der Waals surface area (Å²) in [5.74, 6) is 0.821. The summed E-state index contributed by atoms with van der Waals surface area (Å²) in [5, 5.41) is 0. The van der Waals surface area contributed by atoms with Crippen molar-refractivity contribution in [2.24, 2.45) is 0 Å². The molecule has 3 aromatic rings. The second-order valence-corrected chi connectivity index (χ2v) is 8.27. The van der Waals surface area contributed by atoms with E-state index >= 15 is 0 Å². The molecule has 1 atom stereocenters. The lowest BCUT2D eigenvalue weighted by Gasteiger charge is -2.19. The van der Waals surface area contributed by atoms with Crippen LogP contribution in [0.2, 0.25) is 0 Å². The Hall–Kier alpha value is -2.58. The Morgan fingerprint density at radius 3 is 2.54 bits per heavy atom. The minimum atomic E-state index is -3.53. The highest BCUT2D eigenvalue weighted by atomic mass is 32.2. The van der Waals surface area contributed by atoms with Crippen molar-refractivity contribution in [3.63, 3.8) is 0 Å². The summed E-state index contributed by atoms with van der Waals surface area (Å²) < 4.78 is 29.3. The van der Waals surface area contributed by atoms with Gasteiger partial charge in [0.05, 0.1) is 6.04 Å². The number of nitrogens with zero attached hydrogens (tertiary/aromatic N) is 5. The monoisotopic (exact) mass is 369 g/mol. The van der Waals surface area contributed by atoms with Crippen LogP contribution < -0.4 is 0 Å². The van der Waals surface area contributed by atoms with Crippen LogP contribution in [-0.4, -0.2) is 45.3 Å². The molecule has 0 saturated carbocycles. The Morgan fingerprint density at radius 1 is 1.08 bits per heavy atom. The minimum Gasteiger partial charge on any atom is -0.324 e. The fourth-order valence-corrected chi connectivity index (χ4v) is 4.86. The fraction of sp³-hybridized carbons (Fsp3) is 0.278. The zero-order chi connectivity index (χ0) is 18.1. The van der Waals surface area contributed by atoms with E-state index in [9.17, 15) is 8.42 Å². The molecule has 0 aliphatic carbocycles. The van der Waals surface area contributed by atoms with Crippen LogP contribution in [0.5, 0.6) is 0 Å². The summed E-state index contributed by atoms with van der Waals surface area (Å²) >= 11 is 0. The first kappa shape index (κ1) is 16.9. The van der Waals surface area contributed by atoms with Gasteiger partial charge in [0.1, 0.15) is 10.7 Å². The number of hydrogen-bond acceptors (Lipinski definition) is 5. The van der Waals surface area contributed by atoms with Crippen LogP contribution in [0, 0.1) is 6.92 Å². The summed E-state index contributed by atoms with van der Waals surface area (Å²) in [6, 6.07) is 7.10. The van der Waals surface area contributed by atoms with Gasteiger partial charge in [-0.15, -0.1) is 0 Å². The molecule has 8 heteroatoms. The molecule has 3 aromatic heterocycles. The number of sulfonamides is 1. The normalized spacial score (nSPS) is 18.3. The average Bonchev–Trinajstić information content (AvgIpc) is 3.30. The fourth-order valence-electron chi connectivity index (χ4n) is 3.40. The molecule has 1 unspecified atom stereocenters. The maximum Gasteiger partial charge on any atom is 0.244 e. The number of aryl methyl sites for hydroxylation is 1. The topological polar surface area (TPSA) is 81.0 Å². The van der Waals surface area contributed by atoms with E-state index in [2.05, 4.69) is 19.5 Å². The Labute approximate surface area is 152 Å². The van der Waals surface area contributed by atoms with Gasteiger partial charge < -0.3 is 4.57 Å². The predicted molar refractivity (Wildman–Crippen MR) is 96.8 cm³/mol. The van der Waals surface area contributed by atoms with Crippen molar-refractivity contribution in [1.82, 2.24) is 23.8 Å². The van der Waals surface area contributed by atoms with Gasteiger partial charge in [-0.1, -0.05) is 0 Å². The average molecular weight is 369 g/mol. The molecular formula is C18H19N5O2S. The van der Waals surface area contributed by atoms with Crippen molar-refractivity contribution >= 4 is 10.0 Å². The van der Waals surface area contributed by atoms with E-state index in [1.54, 1.807) is 30.7 Å². The first-order chi connectivity index (χ1) is 12.6. The van der Waals surface area contributed by atoms with Gasteiger partial charge in [0.2, 0.25) is 10.0 Å². The zero-order valence-electron chi connectivity index (χ0n) is 14.4. The van der Waals surface area contributed by atoms with E-state index in [1.165, 1.54) is 10.5 Å². The molecule has 26 heavy (non-hydrogen) atoms. The number of imidazole rings is 1. The van der Waals surface area contributed by atoms with Gasteiger partial charge in [-0.05, 0) is 37.6 Å². The van der Waals surface area contributed by atoms with E-state index < -0.39 is 10.0 Å². The van der Waals surface area contributed by atoms with E-state index in [0.29, 0.717) is 13.1 Å². The molecule has 0 amide bonds. The maximum atomic E-state index is 12.8. The van der Waals surface area contributed by atoms with Gasteiger partial charge >= 0.3 is 0 Å². The highest BCUT2D eigenvalue weighted by Crippen LogP contribution is 2.31. The quantitative estimate of drug-likeness (QED) is 0.705. The molecule has 134 valence electrons. The van der Waals surface area contributed by atoms with Crippen LogP contribution in [0.15, 0.2) is 60.1 Å². The van der Waals surface area contributed by atoms with Gasteiger partial charge in [0.25, 0.3) is 0 Å². The van der Waals surface area contributed by atoms with Crippen molar-refractivity contribution in [3.05, 3.63) is 60.9 Å². The lowest BCUT2D eigenvalue weighted by Crippen LogP contribution is -2.29. The standard InChI is InChI=1S/C18H19N5O2S/c1-14-10-21-18(15-4-2-7-19-11-15)23(14)16-6-9-22(13-16)26(24,25)17-5-3-8-20-12-17/h2-5,7-8,10-12,16H,6,9,13H2,1H3. The molecule has 7 nitrogen and oxygen atoms in total. The summed E-state index contributed by atoms with van der Waals surface area (Å²) in [5.41, 5.74) is 1.93. The molecule has 0 N–H and O–H groups in total. The summed E-state index contributed by atoms with van der Waals surface area (Å²) in [7, 11) is -3.53. The molecule has 0 spiro atoms. The molecule has 1 aliphatic rings. The molecule has 0 bridgehead atoms. The Balaban J connectivity index is 1.64. The summed E-state index contributed by atoms with van der Waals surface area (Å²) in [6.07, 6.45) is 9.02. The number of pyridine rings is 2. The highest BCUT2D eigenvalue weighted by Gasteiger charge is 2.34. The Kier molecular flexibility index (Phi) is 4.29. The SMILES string of the molecule is Cc1cnc(-c2cccnc2)n1C1CCN(S(=O)(=O)c2cccnc2)C1. The van der Waals surface area contributed by atoms with E-state index in [4.69, 9.17) is 0 Å². The largest absolute Gasteiger partial charge is 0.324 e. The van der Waals surface area contributed by atoms with E-state index in [-0.39, 0.29) is 10.9 Å². The molecule has 1 saturated heterocycles. The van der Waals surface area contributed by atoms with E-state index in [1.807, 2.05) is 25.3 Å². The summed E-state index contributed by atoms with van der Waals surface area (Å²) in [6.45, 7) is 2.89. The second-order valence-electron chi connectivity index (χ2n) is 6.33. The number of rotatable bonds is 4. The van der Waals surface area contributed by atoms with Gasteiger partial charge in [-0.3, -0.25) is 9.97 Å². The van der Waals surface area contributed by atoms with Crippen molar-refractivity contribution < 1.29 is 8.42 Å². The molecule has 1 aliphatic heterocycles. The number of hydrogen-bond donors (Lipinski definition) is 0. The predicted octanol–water partition coefficient (Wildman–Crippen LogP) is 2.28. The van der Waals surface area contributed by atoms with Crippen LogP contribution in [0.1, 0.15) is 18.2 Å². The van der Waals surface area contributed by atoms with Crippen molar-refractivity contribution in [2.45, 2.75) is 24.3 Å². The van der Waals surface area contributed by atoms with Gasteiger partial charge in [0.15, 0.2) is 0 Å². The Bertz CT molecular complexity index is 1000. The zero-order valence-corrected chi connectivity index (χ0v) is 15.2. The van der Waals surface area contributed by atoms with Crippen molar-refractivity contribution in [3.8, 4) is 11.4 Å². The molecule has 1 fully saturated rings. The minimum absolute atomic E-state index is 0.0409. The van der Waals surface area contributed by atoms with Gasteiger partial charge in [-0.2, -0.15) is 4.31 Å². The second kappa shape index (κ2) is 6.62. The molecular weight excluding hydrogens is 350 g/mol. The van der Waals surface area contributed by atoms with Gasteiger partial charge in [-0.25, -0.2) is 13.4 Å². The van der Waals surface area contributed by atoms with Crippen LogP contribution >= 0.6 is 0 Å². The summed E-state index contributed by atoms with van der Waals surface area (Å²) in [4.78, 5) is 12.8. The first-order valence-corrected chi connectivity index (χ1v) is 9.86. The van der Waals surface area contributed by atoms with E-state index in [0.717, 1.165) is 23.5 Å². The Morgan fingerprint density at radius 2 is 1.85 bits per heavy atom. The third kappa shape index (κ3) is 2.91. The van der Waals surface area contributed by atoms with Crippen LogP contribution in [0.25, 0.3) is 11.4 Å². The maximum absolute atomic E-state index is 12.8. The van der Waals surface area contributed by atoms with Crippen LogP contribution in [-0.2, 0) is 10.0 Å². The highest BCUT2D eigenvalue weighted by molar-refractivity contribution is 7.89. The molecule has 0 radical (unpaired) electrons. The third-order valence-corrected chi connectivity index (χ3v) is 6.51. The van der Waals surface area contributed by atoms with Crippen molar-refractivity contribution in [1.29, 1.82) is 0 Å². The van der Waals surface area contributed by atoms with Crippen LogP contribution in [0.4, 0.5) is 0 Å². The lowest BCUT2D eigenvalue weighted by molar-refractivity contribution is 0.450. The smallest absolute Gasteiger partial charge is 0.244 e. The molecule has 4 rings (SSSR count). The third-order valence-electron chi connectivity index (χ3n) is 4.67. The molecule has 4 heterocycles. The van der Waals surface area contributed by atoms with Gasteiger partial charge in [0, 0.05) is 55.3 Å². The molecule has 0 aromatic carbocycles. The number of aromatic nitrogens is 4. The van der Waals surface area contributed by atoms with Crippen LogP contribution in [0.3, 0.4) is 0 Å². The first-order valence-electron chi connectivity index (χ1n) is 8.42.